The highest BCUT2D eigenvalue weighted by Crippen LogP contribution is 2.47. The summed E-state index contributed by atoms with van der Waals surface area (Å²) in [7, 11) is 0. The SMILES string of the molecule is N#C[C@]1(F)CCCC[C@@]1(O)c1ccc(Cl)c(Cl)c1. The summed E-state index contributed by atoms with van der Waals surface area (Å²) >= 11 is 11.7. The van der Waals surface area contributed by atoms with Crippen LogP contribution >= 0.6 is 23.2 Å². The molecule has 0 unspecified atom stereocenters. The maximum absolute atomic E-state index is 14.6. The molecule has 96 valence electrons. The highest BCUT2D eigenvalue weighted by molar-refractivity contribution is 6.42. The lowest BCUT2D eigenvalue weighted by molar-refractivity contribution is -0.107. The van der Waals surface area contributed by atoms with E-state index in [9.17, 15) is 9.50 Å². The molecule has 1 aromatic rings. The third-order valence-corrected chi connectivity index (χ3v) is 4.28. The minimum atomic E-state index is -2.28. The zero-order valence-corrected chi connectivity index (χ0v) is 11.1. The topological polar surface area (TPSA) is 44.0 Å². The molecule has 2 nitrogen and oxygen atoms in total. The van der Waals surface area contributed by atoms with Gasteiger partial charge in [-0.15, -0.1) is 0 Å². The zero-order valence-electron chi connectivity index (χ0n) is 9.59. The molecule has 1 saturated carbocycles. The van der Waals surface area contributed by atoms with Gasteiger partial charge in [-0.05, 0) is 43.4 Å². The van der Waals surface area contributed by atoms with Crippen molar-refractivity contribution in [1.82, 2.24) is 0 Å². The van der Waals surface area contributed by atoms with Crippen LogP contribution < -0.4 is 0 Å². The van der Waals surface area contributed by atoms with Gasteiger partial charge in [0, 0.05) is 0 Å². The lowest BCUT2D eigenvalue weighted by Crippen LogP contribution is -2.49. The lowest BCUT2D eigenvalue weighted by Gasteiger charge is -2.41. The number of benzene rings is 1. The van der Waals surface area contributed by atoms with E-state index in [1.807, 2.05) is 0 Å². The van der Waals surface area contributed by atoms with E-state index in [1.54, 1.807) is 6.07 Å². The van der Waals surface area contributed by atoms with Gasteiger partial charge in [0.2, 0.25) is 5.67 Å². The van der Waals surface area contributed by atoms with Crippen LogP contribution in [0.25, 0.3) is 0 Å². The second kappa shape index (κ2) is 4.70. The van der Waals surface area contributed by atoms with Crippen LogP contribution in [-0.2, 0) is 5.60 Å². The number of hydrogen-bond donors (Lipinski definition) is 1. The molecule has 1 aromatic carbocycles. The average molecular weight is 288 g/mol. The molecule has 18 heavy (non-hydrogen) atoms. The van der Waals surface area contributed by atoms with Gasteiger partial charge in [0.15, 0.2) is 0 Å². The molecule has 0 spiro atoms. The summed E-state index contributed by atoms with van der Waals surface area (Å²) in [5.74, 6) is 0. The number of halogens is 3. The summed E-state index contributed by atoms with van der Waals surface area (Å²) in [5.41, 5.74) is -3.78. The minimum absolute atomic E-state index is 0.0280. The fourth-order valence-corrected chi connectivity index (χ4v) is 2.73. The Bertz CT molecular complexity index is 516. The first kappa shape index (κ1) is 13.6. The second-order valence-electron chi connectivity index (χ2n) is 4.61. The predicted molar refractivity (Wildman–Crippen MR) is 68.3 cm³/mol. The molecular formula is C13H12Cl2FNO. The molecule has 5 heteroatoms. The molecule has 1 aliphatic carbocycles. The molecule has 0 saturated heterocycles. The van der Waals surface area contributed by atoms with Crippen LogP contribution in [0.4, 0.5) is 4.39 Å². The van der Waals surface area contributed by atoms with Gasteiger partial charge in [-0.3, -0.25) is 0 Å². The molecule has 0 radical (unpaired) electrons. The number of nitriles is 1. The van der Waals surface area contributed by atoms with Crippen LogP contribution in [0.3, 0.4) is 0 Å². The Morgan fingerprint density at radius 1 is 1.22 bits per heavy atom. The van der Waals surface area contributed by atoms with E-state index in [2.05, 4.69) is 0 Å². The Morgan fingerprint density at radius 3 is 2.50 bits per heavy atom. The standard InChI is InChI=1S/C13H12Cl2FNO/c14-10-4-3-9(7-11(10)15)13(18)6-2-1-5-12(13,16)8-17/h3-4,7,18H,1-2,5-6H2/t12-,13-/m1/s1. The molecule has 0 aromatic heterocycles. The first-order valence-electron chi connectivity index (χ1n) is 5.71. The number of nitrogens with zero attached hydrogens (tertiary/aromatic N) is 1. The summed E-state index contributed by atoms with van der Waals surface area (Å²) in [6.07, 6.45) is 1.49. The molecule has 0 bridgehead atoms. The van der Waals surface area contributed by atoms with Crippen LogP contribution in [0.5, 0.6) is 0 Å². The summed E-state index contributed by atoms with van der Waals surface area (Å²) < 4.78 is 14.6. The number of hydrogen-bond acceptors (Lipinski definition) is 2. The van der Waals surface area contributed by atoms with Crippen molar-refractivity contribution in [1.29, 1.82) is 5.26 Å². The van der Waals surface area contributed by atoms with Crippen molar-refractivity contribution < 1.29 is 9.50 Å². The van der Waals surface area contributed by atoms with Gasteiger partial charge in [-0.2, -0.15) is 5.26 Å². The molecule has 1 aliphatic rings. The van der Waals surface area contributed by atoms with Crippen molar-refractivity contribution in [3.63, 3.8) is 0 Å². The lowest BCUT2D eigenvalue weighted by atomic mass is 9.70. The summed E-state index contributed by atoms with van der Waals surface area (Å²) in [6.45, 7) is 0. The van der Waals surface area contributed by atoms with Gasteiger partial charge in [0.1, 0.15) is 11.7 Å². The maximum atomic E-state index is 14.6. The highest BCUT2D eigenvalue weighted by Gasteiger charge is 2.54. The van der Waals surface area contributed by atoms with E-state index >= 15 is 0 Å². The fraction of sp³-hybridized carbons (Fsp3) is 0.462. The van der Waals surface area contributed by atoms with E-state index in [-0.39, 0.29) is 17.9 Å². The van der Waals surface area contributed by atoms with Crippen LogP contribution in [0.2, 0.25) is 10.0 Å². The van der Waals surface area contributed by atoms with Crippen molar-refractivity contribution in [2.75, 3.05) is 0 Å². The van der Waals surface area contributed by atoms with Crippen molar-refractivity contribution in [2.24, 2.45) is 0 Å². The van der Waals surface area contributed by atoms with Crippen molar-refractivity contribution in [3.05, 3.63) is 33.8 Å². The maximum Gasteiger partial charge on any atom is 0.228 e. The van der Waals surface area contributed by atoms with Gasteiger partial charge in [0.05, 0.1) is 10.0 Å². The van der Waals surface area contributed by atoms with Gasteiger partial charge in [0.25, 0.3) is 0 Å². The van der Waals surface area contributed by atoms with Crippen LogP contribution in [0.15, 0.2) is 18.2 Å². The quantitative estimate of drug-likeness (QED) is 0.849. The van der Waals surface area contributed by atoms with Gasteiger partial charge in [-0.1, -0.05) is 29.3 Å². The van der Waals surface area contributed by atoms with Crippen molar-refractivity contribution >= 4 is 23.2 Å². The molecule has 0 aliphatic heterocycles. The zero-order chi connectivity index (χ0) is 13.4. The third-order valence-electron chi connectivity index (χ3n) is 3.54. The van der Waals surface area contributed by atoms with E-state index in [0.717, 1.165) is 0 Å². The summed E-state index contributed by atoms with van der Waals surface area (Å²) in [5, 5.41) is 20.2. The monoisotopic (exact) mass is 287 g/mol. The Balaban J connectivity index is 2.51. The van der Waals surface area contributed by atoms with Crippen LogP contribution in [0, 0.1) is 11.3 Å². The van der Waals surface area contributed by atoms with Crippen LogP contribution in [-0.4, -0.2) is 10.8 Å². The fourth-order valence-electron chi connectivity index (χ4n) is 2.43. The first-order chi connectivity index (χ1) is 8.43. The Morgan fingerprint density at radius 2 is 1.89 bits per heavy atom. The molecular weight excluding hydrogens is 276 g/mol. The molecule has 1 N–H and O–H groups in total. The van der Waals surface area contributed by atoms with Crippen molar-refractivity contribution in [2.45, 2.75) is 37.0 Å². The van der Waals surface area contributed by atoms with Gasteiger partial charge < -0.3 is 5.11 Å². The molecule has 0 amide bonds. The van der Waals surface area contributed by atoms with E-state index in [4.69, 9.17) is 28.5 Å². The molecule has 2 rings (SSSR count). The van der Waals surface area contributed by atoms with E-state index in [0.29, 0.717) is 23.4 Å². The molecule has 0 heterocycles. The number of alkyl halides is 1. The average Bonchev–Trinajstić information content (AvgIpc) is 2.36. The smallest absolute Gasteiger partial charge is 0.228 e. The Labute approximate surface area is 115 Å². The summed E-state index contributed by atoms with van der Waals surface area (Å²) in [6, 6.07) is 6.06. The number of rotatable bonds is 1. The first-order valence-corrected chi connectivity index (χ1v) is 6.47. The van der Waals surface area contributed by atoms with Crippen LogP contribution in [0.1, 0.15) is 31.2 Å². The van der Waals surface area contributed by atoms with Gasteiger partial charge >= 0.3 is 0 Å². The van der Waals surface area contributed by atoms with Gasteiger partial charge in [-0.25, -0.2) is 4.39 Å². The molecule has 1 fully saturated rings. The Hall–Kier alpha value is -0.820. The third kappa shape index (κ3) is 1.99. The number of aliphatic hydroxyl groups is 1. The minimum Gasteiger partial charge on any atom is -0.381 e. The van der Waals surface area contributed by atoms with E-state index < -0.39 is 11.3 Å². The second-order valence-corrected chi connectivity index (χ2v) is 5.42. The Kier molecular flexibility index (Phi) is 3.55. The van der Waals surface area contributed by atoms with Crippen molar-refractivity contribution in [3.8, 4) is 6.07 Å². The molecule has 2 atom stereocenters. The largest absolute Gasteiger partial charge is 0.381 e. The summed E-state index contributed by atoms with van der Waals surface area (Å²) in [4.78, 5) is 0. The normalized spacial score (nSPS) is 31.9. The highest BCUT2D eigenvalue weighted by atomic mass is 35.5. The predicted octanol–water partition coefficient (Wildman–Crippen LogP) is 3.99. The van der Waals surface area contributed by atoms with E-state index in [1.165, 1.54) is 18.2 Å².